The summed E-state index contributed by atoms with van der Waals surface area (Å²) in [5, 5.41) is 3.18. The highest BCUT2D eigenvalue weighted by Gasteiger charge is 2.02. The van der Waals surface area contributed by atoms with Gasteiger partial charge >= 0.3 is 0 Å². The van der Waals surface area contributed by atoms with Crippen molar-refractivity contribution in [3.8, 4) is 0 Å². The van der Waals surface area contributed by atoms with Gasteiger partial charge in [0.2, 0.25) is 0 Å². The molecular formula is C15H23N3O. The highest BCUT2D eigenvalue weighted by Crippen LogP contribution is 2.14. The molecule has 19 heavy (non-hydrogen) atoms. The zero-order valence-corrected chi connectivity index (χ0v) is 11.9. The zero-order chi connectivity index (χ0) is 13.5. The predicted octanol–water partition coefficient (Wildman–Crippen LogP) is 2.30. The first-order valence-electron chi connectivity index (χ1n) is 6.95. The van der Waals surface area contributed by atoms with E-state index < -0.39 is 0 Å². The van der Waals surface area contributed by atoms with Crippen molar-refractivity contribution in [3.63, 3.8) is 0 Å². The fraction of sp³-hybridized carbons (Fsp3) is 0.533. The molecule has 0 aliphatic rings. The zero-order valence-electron chi connectivity index (χ0n) is 11.9. The Kier molecular flexibility index (Phi) is 5.36. The van der Waals surface area contributed by atoms with Crippen molar-refractivity contribution < 1.29 is 4.42 Å². The van der Waals surface area contributed by atoms with E-state index in [-0.39, 0.29) is 0 Å². The molecule has 0 unspecified atom stereocenters. The van der Waals surface area contributed by atoms with Crippen LogP contribution in [0.3, 0.4) is 0 Å². The van der Waals surface area contributed by atoms with Crippen molar-refractivity contribution in [1.82, 2.24) is 15.2 Å². The van der Waals surface area contributed by atoms with E-state index in [1.807, 2.05) is 13.1 Å². The number of unbranched alkanes of at least 4 members (excludes halogenated alkanes) is 1. The standard InChI is InChI=1S/C15H23N3O/c1-16-8-3-4-9-18(2)10-7-13-5-6-14-15(11-13)19-12-17-14/h5-6,11-12,16H,3-4,7-10H2,1-2H3. The third-order valence-electron chi connectivity index (χ3n) is 3.39. The van der Waals surface area contributed by atoms with E-state index in [1.165, 1.54) is 24.8 Å². The third kappa shape index (κ3) is 4.33. The largest absolute Gasteiger partial charge is 0.443 e. The van der Waals surface area contributed by atoms with Crippen LogP contribution in [0.2, 0.25) is 0 Å². The number of nitrogens with one attached hydrogen (secondary N) is 1. The molecule has 0 atom stereocenters. The lowest BCUT2D eigenvalue weighted by molar-refractivity contribution is 0.329. The van der Waals surface area contributed by atoms with Crippen molar-refractivity contribution in [3.05, 3.63) is 30.2 Å². The van der Waals surface area contributed by atoms with E-state index in [0.717, 1.165) is 37.2 Å². The normalized spacial score (nSPS) is 11.5. The molecule has 0 saturated carbocycles. The topological polar surface area (TPSA) is 41.3 Å². The van der Waals surface area contributed by atoms with Gasteiger partial charge in [-0.15, -0.1) is 0 Å². The lowest BCUT2D eigenvalue weighted by Gasteiger charge is -2.16. The summed E-state index contributed by atoms with van der Waals surface area (Å²) in [5.41, 5.74) is 3.13. The maximum Gasteiger partial charge on any atom is 0.181 e. The van der Waals surface area contributed by atoms with Crippen LogP contribution in [0.1, 0.15) is 18.4 Å². The number of hydrogen-bond acceptors (Lipinski definition) is 4. The van der Waals surface area contributed by atoms with Crippen molar-refractivity contribution >= 4 is 11.1 Å². The van der Waals surface area contributed by atoms with Crippen LogP contribution in [0.25, 0.3) is 11.1 Å². The molecular weight excluding hydrogens is 238 g/mol. The average Bonchev–Trinajstić information content (AvgIpc) is 2.89. The van der Waals surface area contributed by atoms with Gasteiger partial charge < -0.3 is 14.6 Å². The summed E-state index contributed by atoms with van der Waals surface area (Å²) in [5.74, 6) is 0. The molecule has 0 radical (unpaired) electrons. The first kappa shape index (κ1) is 14.0. The molecule has 4 nitrogen and oxygen atoms in total. The Bertz CT molecular complexity index is 495. The molecule has 0 aliphatic heterocycles. The van der Waals surface area contributed by atoms with Crippen LogP contribution < -0.4 is 5.32 Å². The molecule has 1 N–H and O–H groups in total. The van der Waals surface area contributed by atoms with E-state index in [2.05, 4.69) is 34.4 Å². The summed E-state index contributed by atoms with van der Waals surface area (Å²) in [7, 11) is 4.19. The number of oxazole rings is 1. The van der Waals surface area contributed by atoms with Gasteiger partial charge in [0.15, 0.2) is 12.0 Å². The minimum atomic E-state index is 0.883. The molecule has 2 aromatic rings. The molecule has 1 aromatic carbocycles. The Morgan fingerprint density at radius 1 is 1.26 bits per heavy atom. The molecule has 0 aliphatic carbocycles. The van der Waals surface area contributed by atoms with Gasteiger partial charge in [-0.2, -0.15) is 0 Å². The summed E-state index contributed by atoms with van der Waals surface area (Å²) in [4.78, 5) is 6.52. The summed E-state index contributed by atoms with van der Waals surface area (Å²) in [6.45, 7) is 3.35. The first-order chi connectivity index (χ1) is 9.29. The molecule has 1 aromatic heterocycles. The van der Waals surface area contributed by atoms with Crippen LogP contribution in [0.4, 0.5) is 0 Å². The summed E-state index contributed by atoms with van der Waals surface area (Å²) >= 11 is 0. The highest BCUT2D eigenvalue weighted by molar-refractivity contribution is 5.72. The fourth-order valence-electron chi connectivity index (χ4n) is 2.17. The molecule has 0 saturated heterocycles. The first-order valence-corrected chi connectivity index (χ1v) is 6.95. The van der Waals surface area contributed by atoms with E-state index >= 15 is 0 Å². The smallest absolute Gasteiger partial charge is 0.181 e. The van der Waals surface area contributed by atoms with Gasteiger partial charge in [-0.3, -0.25) is 0 Å². The number of fused-ring (bicyclic) bond motifs is 1. The Labute approximate surface area is 114 Å². The Balaban J connectivity index is 1.74. The molecule has 0 fully saturated rings. The number of hydrogen-bond donors (Lipinski definition) is 1. The maximum atomic E-state index is 5.33. The molecule has 2 rings (SSSR count). The second-order valence-electron chi connectivity index (χ2n) is 5.02. The van der Waals surface area contributed by atoms with E-state index in [9.17, 15) is 0 Å². The predicted molar refractivity (Wildman–Crippen MR) is 78.4 cm³/mol. The minimum Gasteiger partial charge on any atom is -0.443 e. The van der Waals surface area contributed by atoms with Crippen LogP contribution in [-0.2, 0) is 6.42 Å². The van der Waals surface area contributed by atoms with Gasteiger partial charge in [0.1, 0.15) is 5.52 Å². The fourth-order valence-corrected chi connectivity index (χ4v) is 2.17. The van der Waals surface area contributed by atoms with E-state index in [1.54, 1.807) is 0 Å². The van der Waals surface area contributed by atoms with Gasteiger partial charge in [-0.25, -0.2) is 4.98 Å². The van der Waals surface area contributed by atoms with Crippen molar-refractivity contribution in [1.29, 1.82) is 0 Å². The Morgan fingerprint density at radius 2 is 2.16 bits per heavy atom. The molecule has 1 heterocycles. The SMILES string of the molecule is CNCCCCN(C)CCc1ccc2ncoc2c1. The van der Waals surface area contributed by atoms with Crippen molar-refractivity contribution in [2.24, 2.45) is 0 Å². The number of likely N-dealkylation sites (N-methyl/N-ethyl adjacent to an activating group) is 1. The molecule has 4 heteroatoms. The van der Waals surface area contributed by atoms with Crippen LogP contribution in [0.5, 0.6) is 0 Å². The maximum absolute atomic E-state index is 5.33. The van der Waals surface area contributed by atoms with Crippen LogP contribution in [-0.4, -0.2) is 43.6 Å². The molecule has 0 spiro atoms. The van der Waals surface area contributed by atoms with Crippen LogP contribution >= 0.6 is 0 Å². The summed E-state index contributed by atoms with van der Waals surface area (Å²) in [6.07, 6.45) is 5.05. The second-order valence-corrected chi connectivity index (χ2v) is 5.02. The number of nitrogens with zero attached hydrogens (tertiary/aromatic N) is 2. The highest BCUT2D eigenvalue weighted by atomic mass is 16.3. The van der Waals surface area contributed by atoms with Gasteiger partial charge in [0, 0.05) is 6.54 Å². The molecule has 104 valence electrons. The molecule has 0 bridgehead atoms. The van der Waals surface area contributed by atoms with E-state index in [0.29, 0.717) is 0 Å². The second kappa shape index (κ2) is 7.26. The Hall–Kier alpha value is -1.39. The number of rotatable bonds is 8. The van der Waals surface area contributed by atoms with Gasteiger partial charge in [-0.1, -0.05) is 6.07 Å². The van der Waals surface area contributed by atoms with E-state index in [4.69, 9.17) is 4.42 Å². The monoisotopic (exact) mass is 261 g/mol. The lowest BCUT2D eigenvalue weighted by atomic mass is 10.1. The summed E-state index contributed by atoms with van der Waals surface area (Å²) in [6, 6.07) is 6.26. The molecule has 0 amide bonds. The number of aromatic nitrogens is 1. The van der Waals surface area contributed by atoms with Gasteiger partial charge in [0.25, 0.3) is 0 Å². The number of benzene rings is 1. The average molecular weight is 261 g/mol. The van der Waals surface area contributed by atoms with Crippen molar-refractivity contribution in [2.45, 2.75) is 19.3 Å². The van der Waals surface area contributed by atoms with Crippen molar-refractivity contribution in [2.75, 3.05) is 33.7 Å². The van der Waals surface area contributed by atoms with Crippen LogP contribution in [0.15, 0.2) is 29.0 Å². The quantitative estimate of drug-likeness (QED) is 0.740. The summed E-state index contributed by atoms with van der Waals surface area (Å²) < 4.78 is 5.33. The minimum absolute atomic E-state index is 0.883. The van der Waals surface area contributed by atoms with Crippen LogP contribution in [0, 0.1) is 0 Å². The van der Waals surface area contributed by atoms with Gasteiger partial charge in [-0.05, 0) is 64.1 Å². The lowest BCUT2D eigenvalue weighted by Crippen LogP contribution is -2.23. The van der Waals surface area contributed by atoms with Gasteiger partial charge in [0.05, 0.1) is 0 Å². The Morgan fingerprint density at radius 3 is 3.00 bits per heavy atom. The third-order valence-corrected chi connectivity index (χ3v) is 3.39.